The van der Waals surface area contributed by atoms with Crippen LogP contribution in [0.4, 0.5) is 4.79 Å². The summed E-state index contributed by atoms with van der Waals surface area (Å²) in [6.45, 7) is 6.61. The summed E-state index contributed by atoms with van der Waals surface area (Å²) < 4.78 is 10.7. The van der Waals surface area contributed by atoms with Crippen LogP contribution in [0.5, 0.6) is 0 Å². The normalized spacial score (nSPS) is 18.1. The number of hydrogen-bond donors (Lipinski definition) is 0. The summed E-state index contributed by atoms with van der Waals surface area (Å²) in [5.74, 6) is -0.388. The maximum absolute atomic E-state index is 13.3. The molecule has 1 saturated heterocycles. The molecule has 0 bridgehead atoms. The lowest BCUT2D eigenvalue weighted by Crippen LogP contribution is -2.43. The first kappa shape index (κ1) is 22.9. The molecular weight excluding hydrogens is 390 g/mol. The van der Waals surface area contributed by atoms with Crippen molar-refractivity contribution in [3.05, 3.63) is 70.3 Å². The van der Waals surface area contributed by atoms with Crippen LogP contribution in [0.3, 0.4) is 0 Å². The molecule has 1 unspecified atom stereocenters. The second kappa shape index (κ2) is 10.5. The van der Waals surface area contributed by atoms with Gasteiger partial charge < -0.3 is 9.47 Å². The third kappa shape index (κ3) is 4.92. The molecule has 0 aliphatic carbocycles. The lowest BCUT2D eigenvalue weighted by atomic mass is 9.88. The van der Waals surface area contributed by atoms with Gasteiger partial charge in [-0.25, -0.2) is 9.59 Å². The van der Waals surface area contributed by atoms with E-state index < -0.39 is 12.1 Å². The zero-order chi connectivity index (χ0) is 22.4. The number of hydrogen-bond acceptors (Lipinski definition) is 4. The highest BCUT2D eigenvalue weighted by Crippen LogP contribution is 2.41. The van der Waals surface area contributed by atoms with Gasteiger partial charge in [-0.05, 0) is 59.9 Å². The molecule has 5 heteroatoms. The summed E-state index contributed by atoms with van der Waals surface area (Å²) in [5, 5.41) is 0. The highest BCUT2D eigenvalue weighted by atomic mass is 16.6. The Hall–Kier alpha value is -2.82. The molecule has 1 aliphatic heterocycles. The number of amides is 1. The Balaban J connectivity index is 1.96. The van der Waals surface area contributed by atoms with E-state index in [2.05, 4.69) is 32.9 Å². The summed E-state index contributed by atoms with van der Waals surface area (Å²) >= 11 is 0. The van der Waals surface area contributed by atoms with Crippen LogP contribution in [-0.4, -0.2) is 30.1 Å². The van der Waals surface area contributed by atoms with Crippen LogP contribution >= 0.6 is 0 Å². The standard InChI is InChI=1S/C26H33NO4/c1-5-18-15-20(6-2)24(21(7-3)16-18)22-13-14-23(25(28)30-4)27(22)26(29)31-17-19-11-9-8-10-12-19/h8-12,15-16,22-23H,5-7,13-14,17H2,1-4H3/t22?,23-/m0/s1. The van der Waals surface area contributed by atoms with Crippen molar-refractivity contribution >= 4 is 12.1 Å². The van der Waals surface area contributed by atoms with Gasteiger partial charge in [0, 0.05) is 0 Å². The first-order valence-corrected chi connectivity index (χ1v) is 11.2. The highest BCUT2D eigenvalue weighted by molar-refractivity contribution is 5.82. The topological polar surface area (TPSA) is 55.8 Å². The van der Waals surface area contributed by atoms with Crippen LogP contribution in [0.1, 0.15) is 67.5 Å². The molecule has 0 spiro atoms. The summed E-state index contributed by atoms with van der Waals surface area (Å²) in [6, 6.07) is 13.3. The molecule has 0 aromatic heterocycles. The molecule has 31 heavy (non-hydrogen) atoms. The summed E-state index contributed by atoms with van der Waals surface area (Å²) in [5.41, 5.74) is 5.88. The number of aryl methyl sites for hydroxylation is 3. The fourth-order valence-corrected chi connectivity index (χ4v) is 4.58. The molecule has 1 aliphatic rings. The van der Waals surface area contributed by atoms with Crippen LogP contribution in [0.25, 0.3) is 0 Å². The van der Waals surface area contributed by atoms with E-state index in [1.54, 1.807) is 4.90 Å². The Labute approximate surface area is 185 Å². The van der Waals surface area contributed by atoms with Gasteiger partial charge in [0.2, 0.25) is 0 Å². The van der Waals surface area contributed by atoms with Crippen molar-refractivity contribution in [2.75, 3.05) is 7.11 Å². The maximum Gasteiger partial charge on any atom is 0.411 e. The summed E-state index contributed by atoms with van der Waals surface area (Å²) in [7, 11) is 1.37. The zero-order valence-corrected chi connectivity index (χ0v) is 19.0. The molecule has 166 valence electrons. The van der Waals surface area contributed by atoms with E-state index in [0.717, 1.165) is 24.8 Å². The van der Waals surface area contributed by atoms with Crippen molar-refractivity contribution in [3.63, 3.8) is 0 Å². The van der Waals surface area contributed by atoms with Gasteiger partial charge in [0.1, 0.15) is 12.6 Å². The van der Waals surface area contributed by atoms with Crippen molar-refractivity contribution in [2.45, 2.75) is 71.6 Å². The number of methoxy groups -OCH3 is 1. The molecule has 0 N–H and O–H groups in total. The number of nitrogens with zero attached hydrogens (tertiary/aromatic N) is 1. The predicted octanol–water partition coefficient (Wildman–Crippen LogP) is 5.39. The smallest absolute Gasteiger partial charge is 0.411 e. The van der Waals surface area contributed by atoms with Crippen molar-refractivity contribution < 1.29 is 19.1 Å². The number of likely N-dealkylation sites (tertiary alicyclic amines) is 1. The highest BCUT2D eigenvalue weighted by Gasteiger charge is 2.44. The molecular formula is C26H33NO4. The van der Waals surface area contributed by atoms with Crippen LogP contribution in [0.15, 0.2) is 42.5 Å². The number of ether oxygens (including phenoxy) is 2. The lowest BCUT2D eigenvalue weighted by molar-refractivity contribution is -0.145. The fraction of sp³-hybridized carbons (Fsp3) is 0.462. The number of rotatable bonds is 7. The number of carbonyl (C=O) groups excluding carboxylic acids is 2. The molecule has 2 aromatic rings. The Kier molecular flexibility index (Phi) is 7.72. The van der Waals surface area contributed by atoms with Gasteiger partial charge in [-0.1, -0.05) is 63.2 Å². The molecule has 0 saturated carbocycles. The minimum atomic E-state index is -0.626. The Bertz CT molecular complexity index is 884. The van der Waals surface area contributed by atoms with Crippen molar-refractivity contribution in [2.24, 2.45) is 0 Å². The Morgan fingerprint density at radius 2 is 1.58 bits per heavy atom. The molecule has 1 fully saturated rings. The van der Waals surface area contributed by atoms with E-state index in [9.17, 15) is 9.59 Å². The minimum absolute atomic E-state index is 0.173. The zero-order valence-electron chi connectivity index (χ0n) is 19.0. The molecule has 1 heterocycles. The maximum atomic E-state index is 13.3. The van der Waals surface area contributed by atoms with E-state index in [1.807, 2.05) is 30.3 Å². The number of benzene rings is 2. The molecule has 5 nitrogen and oxygen atoms in total. The van der Waals surface area contributed by atoms with Crippen molar-refractivity contribution in [1.82, 2.24) is 4.90 Å². The third-order valence-corrected chi connectivity index (χ3v) is 6.19. The molecule has 0 radical (unpaired) electrons. The third-order valence-electron chi connectivity index (χ3n) is 6.19. The van der Waals surface area contributed by atoms with Crippen LogP contribution in [0, 0.1) is 0 Å². The SMILES string of the molecule is CCc1cc(CC)c(C2CC[C@@H](C(=O)OC)N2C(=O)OCc2ccccc2)c(CC)c1. The van der Waals surface area contributed by atoms with Gasteiger partial charge in [0.15, 0.2) is 0 Å². The molecule has 2 aromatic carbocycles. The van der Waals surface area contributed by atoms with Gasteiger partial charge >= 0.3 is 12.1 Å². The number of carbonyl (C=O) groups is 2. The molecule has 3 rings (SSSR count). The van der Waals surface area contributed by atoms with E-state index >= 15 is 0 Å². The van der Waals surface area contributed by atoms with E-state index in [4.69, 9.17) is 9.47 Å². The van der Waals surface area contributed by atoms with Gasteiger partial charge in [-0.15, -0.1) is 0 Å². The Morgan fingerprint density at radius 1 is 0.935 bits per heavy atom. The van der Waals surface area contributed by atoms with Gasteiger partial charge in [0.25, 0.3) is 0 Å². The van der Waals surface area contributed by atoms with Gasteiger partial charge in [0.05, 0.1) is 13.2 Å². The second-order valence-corrected chi connectivity index (χ2v) is 7.97. The van der Waals surface area contributed by atoms with Gasteiger partial charge in [-0.2, -0.15) is 0 Å². The Morgan fingerprint density at radius 3 is 2.13 bits per heavy atom. The average molecular weight is 424 g/mol. The lowest BCUT2D eigenvalue weighted by Gasteiger charge is -2.31. The molecule has 1 amide bonds. The van der Waals surface area contributed by atoms with Crippen LogP contribution in [0.2, 0.25) is 0 Å². The fourth-order valence-electron chi connectivity index (χ4n) is 4.58. The van der Waals surface area contributed by atoms with Crippen LogP contribution < -0.4 is 0 Å². The van der Waals surface area contributed by atoms with E-state index in [1.165, 1.54) is 29.4 Å². The predicted molar refractivity (Wildman–Crippen MR) is 121 cm³/mol. The monoisotopic (exact) mass is 423 g/mol. The first-order valence-electron chi connectivity index (χ1n) is 11.2. The quantitative estimate of drug-likeness (QED) is 0.560. The van der Waals surface area contributed by atoms with Crippen molar-refractivity contribution in [3.8, 4) is 0 Å². The van der Waals surface area contributed by atoms with Gasteiger partial charge in [-0.3, -0.25) is 4.90 Å². The first-order chi connectivity index (χ1) is 15.0. The summed E-state index contributed by atoms with van der Waals surface area (Å²) in [6.07, 6.45) is 3.54. The summed E-state index contributed by atoms with van der Waals surface area (Å²) in [4.78, 5) is 27.4. The van der Waals surface area contributed by atoms with Crippen LogP contribution in [-0.2, 0) is 40.1 Å². The number of esters is 1. The second-order valence-electron chi connectivity index (χ2n) is 7.97. The van der Waals surface area contributed by atoms with Crippen molar-refractivity contribution in [1.29, 1.82) is 0 Å². The van der Waals surface area contributed by atoms with E-state index in [-0.39, 0.29) is 18.6 Å². The largest absolute Gasteiger partial charge is 0.467 e. The minimum Gasteiger partial charge on any atom is -0.467 e. The average Bonchev–Trinajstić information content (AvgIpc) is 3.26. The molecule has 2 atom stereocenters. The van der Waals surface area contributed by atoms with E-state index in [0.29, 0.717) is 12.8 Å².